The molecule has 100 valence electrons. The summed E-state index contributed by atoms with van der Waals surface area (Å²) in [6.45, 7) is 1.97. The highest BCUT2D eigenvalue weighted by atomic mass is 35.5. The number of rotatable bonds is 3. The van der Waals surface area contributed by atoms with Crippen molar-refractivity contribution < 1.29 is 0 Å². The van der Waals surface area contributed by atoms with Crippen LogP contribution in [0.5, 0.6) is 0 Å². The van der Waals surface area contributed by atoms with Crippen LogP contribution in [0, 0.1) is 6.92 Å². The van der Waals surface area contributed by atoms with Crippen LogP contribution in [-0.4, -0.2) is 25.2 Å². The van der Waals surface area contributed by atoms with Crippen LogP contribution < -0.4 is 0 Å². The van der Waals surface area contributed by atoms with Gasteiger partial charge >= 0.3 is 0 Å². The molecule has 0 saturated heterocycles. The summed E-state index contributed by atoms with van der Waals surface area (Å²) in [5, 5.41) is 13.0. The normalized spacial score (nSPS) is 10.7. The van der Waals surface area contributed by atoms with Gasteiger partial charge < -0.3 is 0 Å². The zero-order chi connectivity index (χ0) is 13.9. The van der Waals surface area contributed by atoms with Crippen molar-refractivity contribution in [3.8, 4) is 5.69 Å². The molecule has 0 spiro atoms. The molecule has 0 aliphatic carbocycles. The van der Waals surface area contributed by atoms with Crippen LogP contribution in [0.3, 0.4) is 0 Å². The molecule has 0 bridgehead atoms. The molecule has 1 aromatic carbocycles. The number of para-hydroxylation sites is 1. The van der Waals surface area contributed by atoms with Crippen LogP contribution in [0.1, 0.15) is 5.56 Å². The van der Waals surface area contributed by atoms with E-state index in [4.69, 9.17) is 11.6 Å². The summed E-state index contributed by atoms with van der Waals surface area (Å²) in [5.41, 5.74) is 1.94. The van der Waals surface area contributed by atoms with E-state index in [0.29, 0.717) is 10.3 Å². The second-order valence-corrected chi connectivity index (χ2v) is 5.48. The quantitative estimate of drug-likeness (QED) is 0.696. The first-order chi connectivity index (χ1) is 9.74. The number of benzene rings is 1. The molecule has 5 nitrogen and oxygen atoms in total. The Balaban J connectivity index is 1.97. The van der Waals surface area contributed by atoms with Gasteiger partial charge in [-0.25, -0.2) is 4.98 Å². The van der Waals surface area contributed by atoms with Gasteiger partial charge in [0.25, 0.3) is 0 Å². The average molecular weight is 304 g/mol. The summed E-state index contributed by atoms with van der Waals surface area (Å²) in [4.78, 5) is 5.03. The molecule has 3 rings (SSSR count). The molecule has 3 aromatic rings. The molecule has 0 aliphatic rings. The van der Waals surface area contributed by atoms with Gasteiger partial charge in [-0.2, -0.15) is 4.68 Å². The Morgan fingerprint density at radius 1 is 1.20 bits per heavy atom. The minimum absolute atomic E-state index is 0.455. The van der Waals surface area contributed by atoms with Crippen molar-refractivity contribution in [3.63, 3.8) is 0 Å². The first-order valence-corrected chi connectivity index (χ1v) is 7.07. The fraction of sp³-hybridized carbons (Fsp3) is 0.0769. The fourth-order valence-electron chi connectivity index (χ4n) is 1.66. The SMILES string of the molecule is Cc1cnc(Cl)cc1Sc1nnnn1-c1ccccc1. The van der Waals surface area contributed by atoms with Crippen molar-refractivity contribution in [1.82, 2.24) is 25.2 Å². The Morgan fingerprint density at radius 3 is 2.80 bits per heavy atom. The smallest absolute Gasteiger partial charge is 0.218 e. The van der Waals surface area contributed by atoms with Gasteiger partial charge in [-0.15, -0.1) is 5.10 Å². The molecule has 0 amide bonds. The van der Waals surface area contributed by atoms with E-state index < -0.39 is 0 Å². The lowest BCUT2D eigenvalue weighted by Crippen LogP contribution is -1.98. The standard InChI is InChI=1S/C13H10ClN5S/c1-9-8-15-12(14)7-11(9)20-13-16-17-18-19(13)10-5-3-2-4-6-10/h2-8H,1H3. The zero-order valence-electron chi connectivity index (χ0n) is 10.6. The molecule has 0 atom stereocenters. The number of hydrogen-bond donors (Lipinski definition) is 0. The predicted molar refractivity (Wildman–Crippen MR) is 77.3 cm³/mol. The fourth-order valence-corrected chi connectivity index (χ4v) is 2.77. The molecule has 20 heavy (non-hydrogen) atoms. The molecule has 0 unspecified atom stereocenters. The van der Waals surface area contributed by atoms with E-state index in [1.807, 2.05) is 43.3 Å². The molecule has 0 aliphatic heterocycles. The first kappa shape index (κ1) is 13.1. The third-order valence-corrected chi connectivity index (χ3v) is 3.97. The Kier molecular flexibility index (Phi) is 3.66. The summed E-state index contributed by atoms with van der Waals surface area (Å²) < 4.78 is 1.69. The van der Waals surface area contributed by atoms with E-state index in [2.05, 4.69) is 20.5 Å². The number of halogens is 1. The number of aryl methyl sites for hydroxylation is 1. The highest BCUT2D eigenvalue weighted by Crippen LogP contribution is 2.30. The average Bonchev–Trinajstić information content (AvgIpc) is 2.92. The topological polar surface area (TPSA) is 56.5 Å². The number of nitrogens with zero attached hydrogens (tertiary/aromatic N) is 5. The van der Waals surface area contributed by atoms with Crippen molar-refractivity contribution in [3.05, 3.63) is 53.3 Å². The van der Waals surface area contributed by atoms with Crippen molar-refractivity contribution >= 4 is 23.4 Å². The Labute approximate surface area is 125 Å². The minimum Gasteiger partial charge on any atom is -0.244 e. The summed E-state index contributed by atoms with van der Waals surface area (Å²) in [6, 6.07) is 11.6. The lowest BCUT2D eigenvalue weighted by atomic mass is 10.3. The third kappa shape index (κ3) is 2.66. The molecule has 0 saturated carbocycles. The van der Waals surface area contributed by atoms with E-state index in [1.165, 1.54) is 11.8 Å². The Bertz CT molecular complexity index is 729. The Hall–Kier alpha value is -1.92. The number of aromatic nitrogens is 5. The van der Waals surface area contributed by atoms with Gasteiger partial charge in [0.15, 0.2) is 0 Å². The van der Waals surface area contributed by atoms with Crippen LogP contribution in [0.15, 0.2) is 52.6 Å². The molecular weight excluding hydrogens is 294 g/mol. The largest absolute Gasteiger partial charge is 0.244 e. The first-order valence-electron chi connectivity index (χ1n) is 5.88. The van der Waals surface area contributed by atoms with Crippen molar-refractivity contribution in [2.75, 3.05) is 0 Å². The second kappa shape index (κ2) is 5.60. The van der Waals surface area contributed by atoms with Crippen molar-refractivity contribution in [1.29, 1.82) is 0 Å². The lowest BCUT2D eigenvalue weighted by molar-refractivity contribution is 0.756. The summed E-state index contributed by atoms with van der Waals surface area (Å²) in [6.07, 6.45) is 1.74. The van der Waals surface area contributed by atoms with Gasteiger partial charge in [0.05, 0.1) is 5.69 Å². The maximum Gasteiger partial charge on any atom is 0.218 e. The van der Waals surface area contributed by atoms with Gasteiger partial charge in [-0.3, -0.25) is 0 Å². The maximum absolute atomic E-state index is 5.93. The molecule has 7 heteroatoms. The zero-order valence-corrected chi connectivity index (χ0v) is 12.1. The van der Waals surface area contributed by atoms with Gasteiger partial charge in [0, 0.05) is 11.1 Å². The highest BCUT2D eigenvalue weighted by Gasteiger charge is 2.11. The number of hydrogen-bond acceptors (Lipinski definition) is 5. The molecule has 2 aromatic heterocycles. The van der Waals surface area contributed by atoms with Gasteiger partial charge in [-0.1, -0.05) is 29.8 Å². The molecule has 0 radical (unpaired) electrons. The van der Waals surface area contributed by atoms with Crippen LogP contribution in [0.4, 0.5) is 0 Å². The van der Waals surface area contributed by atoms with Crippen molar-refractivity contribution in [2.45, 2.75) is 17.0 Å². The number of pyridine rings is 1. The molecule has 0 fully saturated rings. The Morgan fingerprint density at radius 2 is 2.00 bits per heavy atom. The van der Waals surface area contributed by atoms with E-state index in [1.54, 1.807) is 10.9 Å². The van der Waals surface area contributed by atoms with E-state index in [-0.39, 0.29) is 0 Å². The van der Waals surface area contributed by atoms with E-state index in [9.17, 15) is 0 Å². The summed E-state index contributed by atoms with van der Waals surface area (Å²) in [5.74, 6) is 0. The summed E-state index contributed by atoms with van der Waals surface area (Å²) in [7, 11) is 0. The van der Waals surface area contributed by atoms with Gasteiger partial charge in [-0.05, 0) is 52.9 Å². The van der Waals surface area contributed by atoms with Crippen LogP contribution in [-0.2, 0) is 0 Å². The van der Waals surface area contributed by atoms with Crippen molar-refractivity contribution in [2.24, 2.45) is 0 Å². The van der Waals surface area contributed by atoms with E-state index >= 15 is 0 Å². The lowest BCUT2D eigenvalue weighted by Gasteiger charge is -2.06. The van der Waals surface area contributed by atoms with Crippen LogP contribution in [0.2, 0.25) is 5.15 Å². The highest BCUT2D eigenvalue weighted by molar-refractivity contribution is 7.99. The van der Waals surface area contributed by atoms with Crippen LogP contribution in [0.25, 0.3) is 5.69 Å². The molecule has 0 N–H and O–H groups in total. The summed E-state index contributed by atoms with van der Waals surface area (Å²) >= 11 is 7.39. The monoisotopic (exact) mass is 303 g/mol. The third-order valence-electron chi connectivity index (χ3n) is 2.66. The molecular formula is C13H10ClN5S. The van der Waals surface area contributed by atoms with Gasteiger partial charge in [0.1, 0.15) is 5.15 Å². The minimum atomic E-state index is 0.455. The number of tetrazole rings is 1. The second-order valence-electron chi connectivity index (χ2n) is 4.08. The van der Waals surface area contributed by atoms with E-state index in [0.717, 1.165) is 16.1 Å². The maximum atomic E-state index is 5.93. The predicted octanol–water partition coefficient (Wildman–Crippen LogP) is 3.17. The molecule has 2 heterocycles. The van der Waals surface area contributed by atoms with Crippen LogP contribution >= 0.6 is 23.4 Å². The van der Waals surface area contributed by atoms with Gasteiger partial charge in [0.2, 0.25) is 5.16 Å².